The van der Waals surface area contributed by atoms with E-state index in [1.807, 2.05) is 7.05 Å². The second-order valence-corrected chi connectivity index (χ2v) is 5.53. The Balaban J connectivity index is 2.21. The predicted octanol–water partition coefficient (Wildman–Crippen LogP) is 0.278. The number of amides is 1. The van der Waals surface area contributed by atoms with Gasteiger partial charge in [0.15, 0.2) is 0 Å². The molecule has 0 aromatic carbocycles. The van der Waals surface area contributed by atoms with Gasteiger partial charge in [-0.2, -0.15) is 0 Å². The minimum absolute atomic E-state index is 0.206. The van der Waals surface area contributed by atoms with E-state index in [-0.39, 0.29) is 12.5 Å². The highest BCUT2D eigenvalue weighted by Crippen LogP contribution is 2.19. The zero-order valence-electron chi connectivity index (χ0n) is 12.2. The smallest absolute Gasteiger partial charge is 0.223 e. The van der Waals surface area contributed by atoms with E-state index in [0.717, 1.165) is 39.0 Å². The van der Waals surface area contributed by atoms with Crippen LogP contribution in [0.3, 0.4) is 0 Å². The van der Waals surface area contributed by atoms with Crippen molar-refractivity contribution >= 4 is 5.91 Å². The number of aliphatic hydroxyl groups excluding tert-OH is 1. The molecule has 5 heteroatoms. The number of rotatable bonds is 8. The van der Waals surface area contributed by atoms with Crippen molar-refractivity contribution in [3.63, 3.8) is 0 Å². The highest BCUT2D eigenvalue weighted by atomic mass is 16.3. The lowest BCUT2D eigenvalue weighted by Gasteiger charge is -2.32. The predicted molar refractivity (Wildman–Crippen MR) is 76.8 cm³/mol. The van der Waals surface area contributed by atoms with Gasteiger partial charge in [-0.15, -0.1) is 0 Å². The van der Waals surface area contributed by atoms with Crippen molar-refractivity contribution in [3.05, 3.63) is 0 Å². The lowest BCUT2D eigenvalue weighted by atomic mass is 9.95. The number of carbonyl (C=O) groups is 1. The van der Waals surface area contributed by atoms with Crippen LogP contribution >= 0.6 is 0 Å². The summed E-state index contributed by atoms with van der Waals surface area (Å²) >= 11 is 0. The van der Waals surface area contributed by atoms with Gasteiger partial charge in [0.1, 0.15) is 0 Å². The number of nitrogens with two attached hydrogens (primary N) is 1. The van der Waals surface area contributed by atoms with Crippen LogP contribution in [0.25, 0.3) is 0 Å². The Morgan fingerprint density at radius 3 is 3.00 bits per heavy atom. The summed E-state index contributed by atoms with van der Waals surface area (Å²) in [5, 5.41) is 8.99. The summed E-state index contributed by atoms with van der Waals surface area (Å²) in [6, 6.07) is 0. The van der Waals surface area contributed by atoms with Gasteiger partial charge >= 0.3 is 0 Å². The summed E-state index contributed by atoms with van der Waals surface area (Å²) in [6.45, 7) is 4.62. The lowest BCUT2D eigenvalue weighted by Crippen LogP contribution is -2.39. The third kappa shape index (κ3) is 6.36. The summed E-state index contributed by atoms with van der Waals surface area (Å²) in [5.41, 5.74) is 5.44. The van der Waals surface area contributed by atoms with Gasteiger partial charge in [0.25, 0.3) is 0 Å². The number of nitrogens with zero attached hydrogens (tertiary/aromatic N) is 2. The highest BCUT2D eigenvalue weighted by molar-refractivity contribution is 5.76. The van der Waals surface area contributed by atoms with E-state index in [2.05, 4.69) is 4.90 Å². The molecule has 0 aliphatic carbocycles. The molecule has 19 heavy (non-hydrogen) atoms. The van der Waals surface area contributed by atoms with Crippen molar-refractivity contribution in [2.45, 2.75) is 32.1 Å². The van der Waals surface area contributed by atoms with Gasteiger partial charge < -0.3 is 20.6 Å². The fourth-order valence-corrected chi connectivity index (χ4v) is 2.67. The molecule has 0 aromatic heterocycles. The molecule has 1 atom stereocenters. The first kappa shape index (κ1) is 16.4. The number of piperidine rings is 1. The van der Waals surface area contributed by atoms with Gasteiger partial charge in [-0.25, -0.2) is 0 Å². The molecule has 1 amide bonds. The molecule has 1 unspecified atom stereocenters. The fraction of sp³-hybridized carbons (Fsp3) is 0.929. The van der Waals surface area contributed by atoms with Crippen LogP contribution in [0.1, 0.15) is 32.1 Å². The van der Waals surface area contributed by atoms with Crippen LogP contribution in [0.2, 0.25) is 0 Å². The minimum atomic E-state index is 0.206. The fourth-order valence-electron chi connectivity index (χ4n) is 2.67. The normalized spacial score (nSPS) is 20.5. The third-order valence-electron chi connectivity index (χ3n) is 3.91. The quantitative estimate of drug-likeness (QED) is 0.665. The average Bonchev–Trinajstić information content (AvgIpc) is 2.43. The standard InChI is InChI=1S/C14H29N3O2/c1-16(8-3-7-15)14(19)5-10-17-9-2-4-13(12-17)6-11-18/h13,18H,2-12,15H2,1H3. The number of aliphatic hydroxyl groups is 1. The molecule has 3 N–H and O–H groups in total. The minimum Gasteiger partial charge on any atom is -0.396 e. The zero-order chi connectivity index (χ0) is 14.1. The highest BCUT2D eigenvalue weighted by Gasteiger charge is 2.20. The van der Waals surface area contributed by atoms with E-state index < -0.39 is 0 Å². The SMILES string of the molecule is CN(CCCN)C(=O)CCN1CCCC(CCO)C1. The maximum absolute atomic E-state index is 11.9. The Morgan fingerprint density at radius 2 is 2.32 bits per heavy atom. The number of hydrogen-bond donors (Lipinski definition) is 2. The topological polar surface area (TPSA) is 69.8 Å². The first-order valence-electron chi connectivity index (χ1n) is 7.44. The number of likely N-dealkylation sites (tertiary alicyclic amines) is 1. The van der Waals surface area contributed by atoms with Crippen molar-refractivity contribution in [1.82, 2.24) is 9.80 Å². The Morgan fingerprint density at radius 1 is 1.53 bits per heavy atom. The monoisotopic (exact) mass is 271 g/mol. The molecular weight excluding hydrogens is 242 g/mol. The van der Waals surface area contributed by atoms with Crippen LogP contribution in [0, 0.1) is 5.92 Å². The molecule has 0 radical (unpaired) electrons. The van der Waals surface area contributed by atoms with Crippen molar-refractivity contribution in [2.75, 3.05) is 46.4 Å². The number of hydrogen-bond acceptors (Lipinski definition) is 4. The van der Waals surface area contributed by atoms with Crippen molar-refractivity contribution in [1.29, 1.82) is 0 Å². The van der Waals surface area contributed by atoms with E-state index in [1.54, 1.807) is 4.90 Å². The summed E-state index contributed by atoms with van der Waals surface area (Å²) in [7, 11) is 1.85. The summed E-state index contributed by atoms with van der Waals surface area (Å²) < 4.78 is 0. The molecule has 1 rings (SSSR count). The Hall–Kier alpha value is -0.650. The molecule has 1 aliphatic heterocycles. The van der Waals surface area contributed by atoms with E-state index in [4.69, 9.17) is 10.8 Å². The molecule has 112 valence electrons. The summed E-state index contributed by atoms with van der Waals surface area (Å²) in [6.07, 6.45) is 4.74. The molecular formula is C14H29N3O2. The van der Waals surface area contributed by atoms with E-state index in [1.165, 1.54) is 12.8 Å². The van der Waals surface area contributed by atoms with Crippen molar-refractivity contribution in [3.8, 4) is 0 Å². The second kappa shape index (κ2) is 9.28. The van der Waals surface area contributed by atoms with E-state index in [0.29, 0.717) is 18.9 Å². The second-order valence-electron chi connectivity index (χ2n) is 5.53. The average molecular weight is 271 g/mol. The van der Waals surface area contributed by atoms with Crippen LogP contribution in [0.15, 0.2) is 0 Å². The maximum atomic E-state index is 11.9. The molecule has 1 saturated heterocycles. The van der Waals surface area contributed by atoms with Gasteiger partial charge in [-0.05, 0) is 44.7 Å². The third-order valence-corrected chi connectivity index (χ3v) is 3.91. The van der Waals surface area contributed by atoms with Gasteiger partial charge in [0.05, 0.1) is 0 Å². The molecule has 0 aromatic rings. The first-order chi connectivity index (χ1) is 9.17. The molecule has 1 heterocycles. The Bertz CT molecular complexity index is 259. The molecule has 1 fully saturated rings. The van der Waals surface area contributed by atoms with Gasteiger partial charge in [-0.1, -0.05) is 0 Å². The van der Waals surface area contributed by atoms with E-state index >= 15 is 0 Å². The molecule has 0 bridgehead atoms. The van der Waals surface area contributed by atoms with Crippen molar-refractivity contribution in [2.24, 2.45) is 11.7 Å². The van der Waals surface area contributed by atoms with Crippen LogP contribution in [0.4, 0.5) is 0 Å². The van der Waals surface area contributed by atoms with Crippen LogP contribution < -0.4 is 5.73 Å². The maximum Gasteiger partial charge on any atom is 0.223 e. The Labute approximate surface area is 116 Å². The van der Waals surface area contributed by atoms with Crippen LogP contribution in [-0.2, 0) is 4.79 Å². The first-order valence-corrected chi connectivity index (χ1v) is 7.44. The van der Waals surface area contributed by atoms with Gasteiger partial charge in [-0.3, -0.25) is 4.79 Å². The van der Waals surface area contributed by atoms with Crippen molar-refractivity contribution < 1.29 is 9.90 Å². The number of carbonyl (C=O) groups excluding carboxylic acids is 1. The Kier molecular flexibility index (Phi) is 8.02. The molecule has 0 spiro atoms. The largest absolute Gasteiger partial charge is 0.396 e. The van der Waals surface area contributed by atoms with Gasteiger partial charge in [0, 0.05) is 39.7 Å². The lowest BCUT2D eigenvalue weighted by molar-refractivity contribution is -0.130. The van der Waals surface area contributed by atoms with Gasteiger partial charge in [0.2, 0.25) is 5.91 Å². The van der Waals surface area contributed by atoms with Crippen LogP contribution in [0.5, 0.6) is 0 Å². The zero-order valence-corrected chi connectivity index (χ0v) is 12.2. The van der Waals surface area contributed by atoms with E-state index in [9.17, 15) is 4.79 Å². The summed E-state index contributed by atoms with van der Waals surface area (Å²) in [5.74, 6) is 0.807. The summed E-state index contributed by atoms with van der Waals surface area (Å²) in [4.78, 5) is 16.1. The molecule has 5 nitrogen and oxygen atoms in total. The molecule has 1 aliphatic rings. The van der Waals surface area contributed by atoms with Crippen LogP contribution in [-0.4, -0.2) is 67.2 Å². The molecule has 0 saturated carbocycles.